The average molecular weight is 289 g/mol. The molecule has 0 saturated carbocycles. The Morgan fingerprint density at radius 1 is 1.00 bits per heavy atom. The van der Waals surface area contributed by atoms with Gasteiger partial charge >= 0.3 is 0 Å². The molecule has 0 radical (unpaired) electrons. The van der Waals surface area contributed by atoms with E-state index in [4.69, 9.17) is 9.47 Å². The third-order valence-corrected chi connectivity index (χ3v) is 3.13. The van der Waals surface area contributed by atoms with Crippen LogP contribution in [0.2, 0.25) is 0 Å². The first-order chi connectivity index (χ1) is 10.2. The molecule has 1 N–H and O–H groups in total. The van der Waals surface area contributed by atoms with Crippen molar-refractivity contribution in [2.75, 3.05) is 20.8 Å². The topological polar surface area (TPSA) is 30.5 Å². The Morgan fingerprint density at radius 2 is 1.76 bits per heavy atom. The van der Waals surface area contributed by atoms with Gasteiger partial charge < -0.3 is 14.8 Å². The summed E-state index contributed by atoms with van der Waals surface area (Å²) in [6, 6.07) is 12.6. The lowest BCUT2D eigenvalue weighted by Gasteiger charge is -2.09. The molecule has 0 spiro atoms. The second kappa shape index (κ2) is 7.64. The average Bonchev–Trinajstić information content (AvgIpc) is 2.48. The van der Waals surface area contributed by atoms with Crippen LogP contribution in [0.5, 0.6) is 11.5 Å². The predicted octanol–water partition coefficient (Wildman–Crippen LogP) is 3.18. The Hall–Kier alpha value is -2.07. The minimum absolute atomic E-state index is 0.276. The molecular formula is C17H20FNO2. The van der Waals surface area contributed by atoms with Gasteiger partial charge in [0.25, 0.3) is 0 Å². The zero-order valence-corrected chi connectivity index (χ0v) is 12.4. The van der Waals surface area contributed by atoms with E-state index < -0.39 is 0 Å². The summed E-state index contributed by atoms with van der Waals surface area (Å²) in [4.78, 5) is 0. The maximum Gasteiger partial charge on any atom is 0.127 e. The molecule has 0 heterocycles. The Kier molecular flexibility index (Phi) is 5.58. The van der Waals surface area contributed by atoms with E-state index in [2.05, 4.69) is 5.32 Å². The van der Waals surface area contributed by atoms with Gasteiger partial charge in [-0.25, -0.2) is 4.39 Å². The smallest absolute Gasteiger partial charge is 0.127 e. The van der Waals surface area contributed by atoms with Crippen LogP contribution in [0.3, 0.4) is 0 Å². The highest BCUT2D eigenvalue weighted by Gasteiger charge is 2.02. The Balaban J connectivity index is 1.90. The number of ether oxygens (including phenoxy) is 2. The van der Waals surface area contributed by atoms with E-state index in [1.54, 1.807) is 7.11 Å². The SMILES string of the molecule is CNCc1cc(F)cc(OCCc2ccc(OC)cc2)c1. The molecule has 0 aliphatic heterocycles. The molecule has 21 heavy (non-hydrogen) atoms. The molecule has 2 aromatic rings. The highest BCUT2D eigenvalue weighted by molar-refractivity contribution is 5.30. The van der Waals surface area contributed by atoms with Crippen molar-refractivity contribution in [1.29, 1.82) is 0 Å². The molecule has 0 saturated heterocycles. The van der Waals surface area contributed by atoms with Crippen molar-refractivity contribution in [2.45, 2.75) is 13.0 Å². The second-order valence-electron chi connectivity index (χ2n) is 4.77. The summed E-state index contributed by atoms with van der Waals surface area (Å²) >= 11 is 0. The number of nitrogens with one attached hydrogen (secondary N) is 1. The van der Waals surface area contributed by atoms with Crippen molar-refractivity contribution in [2.24, 2.45) is 0 Å². The monoisotopic (exact) mass is 289 g/mol. The lowest BCUT2D eigenvalue weighted by atomic mass is 10.1. The number of methoxy groups -OCH3 is 1. The van der Waals surface area contributed by atoms with Crippen molar-refractivity contribution in [3.63, 3.8) is 0 Å². The summed E-state index contributed by atoms with van der Waals surface area (Å²) in [5.41, 5.74) is 2.03. The van der Waals surface area contributed by atoms with Gasteiger partial charge in [-0.05, 0) is 42.4 Å². The molecule has 3 nitrogen and oxygen atoms in total. The van der Waals surface area contributed by atoms with Crippen LogP contribution in [0.25, 0.3) is 0 Å². The molecule has 0 aromatic heterocycles. The lowest BCUT2D eigenvalue weighted by molar-refractivity contribution is 0.319. The van der Waals surface area contributed by atoms with E-state index in [1.807, 2.05) is 37.4 Å². The minimum Gasteiger partial charge on any atom is -0.497 e. The fraction of sp³-hybridized carbons (Fsp3) is 0.294. The number of halogens is 1. The Bertz CT molecular complexity index is 570. The molecule has 0 atom stereocenters. The highest BCUT2D eigenvalue weighted by Crippen LogP contribution is 2.17. The van der Waals surface area contributed by atoms with E-state index >= 15 is 0 Å². The summed E-state index contributed by atoms with van der Waals surface area (Å²) in [5.74, 6) is 1.12. The fourth-order valence-electron chi connectivity index (χ4n) is 2.09. The van der Waals surface area contributed by atoms with E-state index in [0.717, 1.165) is 23.3 Å². The number of hydrogen-bond acceptors (Lipinski definition) is 3. The number of benzene rings is 2. The predicted molar refractivity (Wildman–Crippen MR) is 81.4 cm³/mol. The van der Waals surface area contributed by atoms with Crippen molar-refractivity contribution in [3.8, 4) is 11.5 Å². The number of rotatable bonds is 7. The van der Waals surface area contributed by atoms with Crippen LogP contribution in [0.1, 0.15) is 11.1 Å². The minimum atomic E-state index is -0.276. The molecule has 4 heteroatoms. The Morgan fingerprint density at radius 3 is 2.43 bits per heavy atom. The third-order valence-electron chi connectivity index (χ3n) is 3.13. The molecule has 0 unspecified atom stereocenters. The van der Waals surface area contributed by atoms with Crippen LogP contribution in [0, 0.1) is 5.82 Å². The van der Waals surface area contributed by atoms with Crippen LogP contribution < -0.4 is 14.8 Å². The van der Waals surface area contributed by atoms with E-state index in [-0.39, 0.29) is 5.82 Å². The normalized spacial score (nSPS) is 10.4. The van der Waals surface area contributed by atoms with E-state index in [0.29, 0.717) is 18.9 Å². The van der Waals surface area contributed by atoms with Crippen LogP contribution in [-0.4, -0.2) is 20.8 Å². The van der Waals surface area contributed by atoms with Gasteiger partial charge in [0.05, 0.1) is 13.7 Å². The van der Waals surface area contributed by atoms with Crippen LogP contribution in [0.15, 0.2) is 42.5 Å². The third kappa shape index (κ3) is 4.76. The van der Waals surface area contributed by atoms with Crippen LogP contribution in [-0.2, 0) is 13.0 Å². The van der Waals surface area contributed by atoms with Gasteiger partial charge in [-0.3, -0.25) is 0 Å². The van der Waals surface area contributed by atoms with Gasteiger partial charge in [-0.15, -0.1) is 0 Å². The fourth-order valence-corrected chi connectivity index (χ4v) is 2.09. The van der Waals surface area contributed by atoms with Gasteiger partial charge in [0.2, 0.25) is 0 Å². The molecule has 2 rings (SSSR count). The molecular weight excluding hydrogens is 269 g/mol. The van der Waals surface area contributed by atoms with Crippen LogP contribution in [0.4, 0.5) is 4.39 Å². The van der Waals surface area contributed by atoms with Crippen molar-refractivity contribution >= 4 is 0 Å². The summed E-state index contributed by atoms with van der Waals surface area (Å²) in [5, 5.41) is 3.00. The second-order valence-corrected chi connectivity index (χ2v) is 4.77. The molecule has 0 bridgehead atoms. The summed E-state index contributed by atoms with van der Waals surface area (Å²) in [6.45, 7) is 1.13. The van der Waals surface area contributed by atoms with Gasteiger partial charge in [-0.1, -0.05) is 12.1 Å². The van der Waals surface area contributed by atoms with Gasteiger partial charge in [0.1, 0.15) is 17.3 Å². The van der Waals surface area contributed by atoms with Gasteiger partial charge in [0.15, 0.2) is 0 Å². The van der Waals surface area contributed by atoms with E-state index in [9.17, 15) is 4.39 Å². The lowest BCUT2D eigenvalue weighted by Crippen LogP contribution is -2.06. The maximum absolute atomic E-state index is 13.5. The largest absolute Gasteiger partial charge is 0.497 e. The molecule has 0 aliphatic rings. The highest BCUT2D eigenvalue weighted by atomic mass is 19.1. The standard InChI is InChI=1S/C17H20FNO2/c1-19-12-14-9-15(18)11-17(10-14)21-8-7-13-3-5-16(20-2)6-4-13/h3-6,9-11,19H,7-8,12H2,1-2H3. The van der Waals surface area contributed by atoms with Gasteiger partial charge in [0, 0.05) is 19.0 Å². The number of hydrogen-bond donors (Lipinski definition) is 1. The molecule has 0 amide bonds. The zero-order chi connectivity index (χ0) is 15.1. The first-order valence-electron chi connectivity index (χ1n) is 6.91. The van der Waals surface area contributed by atoms with Crippen molar-refractivity contribution in [1.82, 2.24) is 5.32 Å². The molecule has 0 fully saturated rings. The molecule has 112 valence electrons. The molecule has 2 aromatic carbocycles. The van der Waals surface area contributed by atoms with Crippen LogP contribution >= 0.6 is 0 Å². The first-order valence-corrected chi connectivity index (χ1v) is 6.91. The first kappa shape index (κ1) is 15.3. The Labute approximate surface area is 124 Å². The zero-order valence-electron chi connectivity index (χ0n) is 12.4. The summed E-state index contributed by atoms with van der Waals surface area (Å²) in [6.07, 6.45) is 0.766. The van der Waals surface area contributed by atoms with Crippen molar-refractivity contribution < 1.29 is 13.9 Å². The quantitative estimate of drug-likeness (QED) is 0.849. The van der Waals surface area contributed by atoms with Gasteiger partial charge in [-0.2, -0.15) is 0 Å². The summed E-state index contributed by atoms with van der Waals surface area (Å²) in [7, 11) is 3.47. The maximum atomic E-state index is 13.5. The molecule has 0 aliphatic carbocycles. The summed E-state index contributed by atoms with van der Waals surface area (Å²) < 4.78 is 24.2. The van der Waals surface area contributed by atoms with E-state index in [1.165, 1.54) is 12.1 Å². The van der Waals surface area contributed by atoms with Crippen molar-refractivity contribution in [3.05, 3.63) is 59.4 Å².